The van der Waals surface area contributed by atoms with E-state index < -0.39 is 34.2 Å². The minimum Gasteiger partial charge on any atom is -0.325 e. The molecular weight excluding hydrogens is 393 g/mol. The summed E-state index contributed by atoms with van der Waals surface area (Å²) in [6.07, 6.45) is -3.57. The summed E-state index contributed by atoms with van der Waals surface area (Å²) in [6.45, 7) is 4.78. The lowest BCUT2D eigenvalue weighted by atomic mass is 10.1. The first-order chi connectivity index (χ1) is 12.8. The van der Waals surface area contributed by atoms with E-state index in [0.717, 1.165) is 28.3 Å². The SMILES string of the molecule is Cc1cc(C)c(N(CC(=O)Nc2cccc(C(F)(F)F)c2)S(C)(=O)=O)c(C)c1. The van der Waals surface area contributed by atoms with Gasteiger partial charge in [-0.25, -0.2) is 8.42 Å². The van der Waals surface area contributed by atoms with Crippen LogP contribution < -0.4 is 9.62 Å². The lowest BCUT2D eigenvalue weighted by molar-refractivity contribution is -0.137. The number of nitrogens with zero attached hydrogens (tertiary/aromatic N) is 1. The highest BCUT2D eigenvalue weighted by Crippen LogP contribution is 2.31. The van der Waals surface area contributed by atoms with Crippen molar-refractivity contribution in [2.45, 2.75) is 26.9 Å². The summed E-state index contributed by atoms with van der Waals surface area (Å²) in [5.41, 5.74) is 1.71. The molecule has 1 amide bonds. The van der Waals surface area contributed by atoms with E-state index in [0.29, 0.717) is 16.8 Å². The second-order valence-electron chi connectivity index (χ2n) is 6.64. The van der Waals surface area contributed by atoms with Crippen LogP contribution in [0, 0.1) is 20.8 Å². The Labute approximate surface area is 162 Å². The third-order valence-electron chi connectivity index (χ3n) is 4.05. The Morgan fingerprint density at radius 3 is 2.14 bits per heavy atom. The van der Waals surface area contributed by atoms with Gasteiger partial charge in [-0.3, -0.25) is 9.10 Å². The summed E-state index contributed by atoms with van der Waals surface area (Å²) in [5, 5.41) is 2.33. The molecule has 0 bridgehead atoms. The van der Waals surface area contributed by atoms with Gasteiger partial charge in [-0.1, -0.05) is 23.8 Å². The number of halogens is 3. The first-order valence-electron chi connectivity index (χ1n) is 8.31. The molecule has 0 spiro atoms. The molecule has 0 aliphatic heterocycles. The van der Waals surface area contributed by atoms with E-state index in [1.54, 1.807) is 26.0 Å². The van der Waals surface area contributed by atoms with Crippen LogP contribution in [0.1, 0.15) is 22.3 Å². The number of nitrogens with one attached hydrogen (secondary N) is 1. The fourth-order valence-corrected chi connectivity index (χ4v) is 4.00. The number of carbonyl (C=O) groups excluding carboxylic acids is 1. The van der Waals surface area contributed by atoms with Crippen molar-refractivity contribution >= 4 is 27.3 Å². The monoisotopic (exact) mass is 414 g/mol. The molecule has 0 unspecified atom stereocenters. The molecule has 0 radical (unpaired) electrons. The van der Waals surface area contributed by atoms with Crippen molar-refractivity contribution in [1.29, 1.82) is 0 Å². The summed E-state index contributed by atoms with van der Waals surface area (Å²) < 4.78 is 64.0. The number of benzene rings is 2. The Morgan fingerprint density at radius 2 is 1.64 bits per heavy atom. The number of amides is 1. The van der Waals surface area contributed by atoms with Crippen LogP contribution in [0.25, 0.3) is 0 Å². The van der Waals surface area contributed by atoms with E-state index in [1.807, 2.05) is 6.92 Å². The lowest BCUT2D eigenvalue weighted by Gasteiger charge is -2.26. The van der Waals surface area contributed by atoms with Crippen LogP contribution in [0.2, 0.25) is 0 Å². The molecule has 0 aliphatic rings. The van der Waals surface area contributed by atoms with Crippen LogP contribution in [-0.4, -0.2) is 27.1 Å². The van der Waals surface area contributed by atoms with Crippen molar-refractivity contribution in [2.24, 2.45) is 0 Å². The van der Waals surface area contributed by atoms with Crippen molar-refractivity contribution in [3.63, 3.8) is 0 Å². The summed E-state index contributed by atoms with van der Waals surface area (Å²) in [5.74, 6) is -0.746. The highest BCUT2D eigenvalue weighted by molar-refractivity contribution is 7.92. The summed E-state index contributed by atoms with van der Waals surface area (Å²) in [4.78, 5) is 12.4. The number of alkyl halides is 3. The minimum atomic E-state index is -4.55. The zero-order chi connectivity index (χ0) is 21.3. The van der Waals surface area contributed by atoms with Gasteiger partial charge in [0, 0.05) is 5.69 Å². The molecule has 0 saturated carbocycles. The van der Waals surface area contributed by atoms with E-state index in [4.69, 9.17) is 0 Å². The summed E-state index contributed by atoms with van der Waals surface area (Å²) in [7, 11) is -3.80. The van der Waals surface area contributed by atoms with Crippen molar-refractivity contribution in [1.82, 2.24) is 0 Å². The largest absolute Gasteiger partial charge is 0.416 e. The minimum absolute atomic E-state index is 0.0642. The van der Waals surface area contributed by atoms with Gasteiger partial charge in [0.2, 0.25) is 15.9 Å². The molecule has 2 aromatic rings. The number of aryl methyl sites for hydroxylation is 3. The third kappa shape index (κ3) is 5.25. The van der Waals surface area contributed by atoms with Gasteiger partial charge in [-0.2, -0.15) is 13.2 Å². The molecule has 0 fully saturated rings. The van der Waals surface area contributed by atoms with Crippen LogP contribution in [0.4, 0.5) is 24.5 Å². The molecule has 152 valence electrons. The van der Waals surface area contributed by atoms with E-state index in [1.165, 1.54) is 12.1 Å². The highest BCUT2D eigenvalue weighted by Gasteiger charge is 2.30. The fraction of sp³-hybridized carbons (Fsp3) is 0.316. The van der Waals surface area contributed by atoms with Gasteiger partial charge >= 0.3 is 6.18 Å². The van der Waals surface area contributed by atoms with Gasteiger partial charge in [0.1, 0.15) is 6.54 Å². The van der Waals surface area contributed by atoms with Crippen molar-refractivity contribution in [2.75, 3.05) is 22.4 Å². The summed E-state index contributed by atoms with van der Waals surface area (Å²) >= 11 is 0. The van der Waals surface area contributed by atoms with Gasteiger partial charge in [-0.05, 0) is 50.1 Å². The third-order valence-corrected chi connectivity index (χ3v) is 5.16. The average Bonchev–Trinajstić information content (AvgIpc) is 2.51. The van der Waals surface area contributed by atoms with E-state index in [-0.39, 0.29) is 5.69 Å². The predicted octanol–water partition coefficient (Wildman–Crippen LogP) is 4.04. The fourth-order valence-electron chi connectivity index (χ4n) is 3.03. The first-order valence-corrected chi connectivity index (χ1v) is 10.2. The maximum atomic E-state index is 12.8. The zero-order valence-corrected chi connectivity index (χ0v) is 16.7. The quantitative estimate of drug-likeness (QED) is 0.803. The molecule has 28 heavy (non-hydrogen) atoms. The summed E-state index contributed by atoms with van der Waals surface area (Å²) in [6, 6.07) is 7.75. The Bertz CT molecular complexity index is 979. The molecular formula is C19H21F3N2O3S. The van der Waals surface area contributed by atoms with Gasteiger partial charge in [0.15, 0.2) is 0 Å². The van der Waals surface area contributed by atoms with E-state index in [9.17, 15) is 26.4 Å². The molecule has 2 rings (SSSR count). The second kappa shape index (κ2) is 7.83. The smallest absolute Gasteiger partial charge is 0.325 e. The van der Waals surface area contributed by atoms with Crippen molar-refractivity contribution < 1.29 is 26.4 Å². The molecule has 0 saturated heterocycles. The van der Waals surface area contributed by atoms with Crippen LogP contribution in [-0.2, 0) is 21.0 Å². The number of hydrogen-bond acceptors (Lipinski definition) is 3. The van der Waals surface area contributed by atoms with Crippen molar-refractivity contribution in [3.8, 4) is 0 Å². The van der Waals surface area contributed by atoms with Gasteiger partial charge in [0.05, 0.1) is 17.5 Å². The predicted molar refractivity (Wildman–Crippen MR) is 103 cm³/mol. The molecule has 0 atom stereocenters. The maximum absolute atomic E-state index is 12.8. The highest BCUT2D eigenvalue weighted by atomic mass is 32.2. The Kier molecular flexibility index (Phi) is 6.08. The molecule has 9 heteroatoms. The van der Waals surface area contributed by atoms with Gasteiger partial charge in [-0.15, -0.1) is 0 Å². The first kappa shape index (κ1) is 21.7. The standard InChI is InChI=1S/C19H21F3N2O3S/c1-12-8-13(2)18(14(3)9-12)24(28(4,26)27)11-17(25)23-16-7-5-6-15(10-16)19(20,21)22/h5-10H,11H2,1-4H3,(H,23,25). The molecule has 0 heterocycles. The number of anilines is 2. The van der Waals surface area contributed by atoms with Crippen LogP contribution >= 0.6 is 0 Å². The van der Waals surface area contributed by atoms with E-state index >= 15 is 0 Å². The molecule has 0 aromatic heterocycles. The Balaban J connectivity index is 2.31. The normalized spacial score (nSPS) is 12.0. The second-order valence-corrected chi connectivity index (χ2v) is 8.55. The van der Waals surface area contributed by atoms with Crippen molar-refractivity contribution in [3.05, 3.63) is 58.7 Å². The number of hydrogen-bond donors (Lipinski definition) is 1. The number of sulfonamides is 1. The molecule has 5 nitrogen and oxygen atoms in total. The molecule has 1 N–H and O–H groups in total. The van der Waals surface area contributed by atoms with Crippen LogP contribution in [0.15, 0.2) is 36.4 Å². The maximum Gasteiger partial charge on any atom is 0.416 e. The lowest BCUT2D eigenvalue weighted by Crippen LogP contribution is -2.38. The molecule has 2 aromatic carbocycles. The molecule has 0 aliphatic carbocycles. The van der Waals surface area contributed by atoms with Gasteiger partial charge < -0.3 is 5.32 Å². The van der Waals surface area contributed by atoms with Crippen LogP contribution in [0.3, 0.4) is 0 Å². The van der Waals surface area contributed by atoms with Crippen LogP contribution in [0.5, 0.6) is 0 Å². The number of rotatable bonds is 5. The average molecular weight is 414 g/mol. The number of carbonyl (C=O) groups is 1. The Morgan fingerprint density at radius 1 is 1.07 bits per heavy atom. The van der Waals surface area contributed by atoms with Gasteiger partial charge in [0.25, 0.3) is 0 Å². The Hall–Kier alpha value is -2.55. The topological polar surface area (TPSA) is 66.5 Å². The van der Waals surface area contributed by atoms with E-state index in [2.05, 4.69) is 5.32 Å². The zero-order valence-electron chi connectivity index (χ0n) is 15.9.